The summed E-state index contributed by atoms with van der Waals surface area (Å²) in [6.07, 6.45) is 3.25. The molecule has 1 aromatic carbocycles. The second kappa shape index (κ2) is 5.43. The monoisotopic (exact) mass is 276 g/mol. The van der Waals surface area contributed by atoms with Crippen molar-refractivity contribution in [2.24, 2.45) is 5.92 Å². The highest BCUT2D eigenvalue weighted by atomic mass is 19.1. The highest BCUT2D eigenvalue weighted by molar-refractivity contribution is 6.00. The van der Waals surface area contributed by atoms with Gasteiger partial charge in [-0.2, -0.15) is 0 Å². The molecule has 0 spiro atoms. The lowest BCUT2D eigenvalue weighted by atomic mass is 10.1. The van der Waals surface area contributed by atoms with Crippen molar-refractivity contribution in [3.8, 4) is 0 Å². The molecule has 0 saturated carbocycles. The molecular formula is C16H21FN2O. The maximum absolute atomic E-state index is 14.2. The van der Waals surface area contributed by atoms with Crippen LogP contribution in [0.4, 0.5) is 10.1 Å². The zero-order chi connectivity index (χ0) is 14.1. The van der Waals surface area contributed by atoms with Crippen LogP contribution < -0.4 is 4.90 Å². The van der Waals surface area contributed by atoms with Gasteiger partial charge in [-0.1, -0.05) is 13.0 Å². The number of carbonyl (C=O) groups excluding carboxylic acids is 1. The topological polar surface area (TPSA) is 23.6 Å². The first-order valence-electron chi connectivity index (χ1n) is 7.49. The Labute approximate surface area is 119 Å². The van der Waals surface area contributed by atoms with Gasteiger partial charge in [0.2, 0.25) is 0 Å². The average Bonchev–Trinajstić information content (AvgIpc) is 3.08. The van der Waals surface area contributed by atoms with Gasteiger partial charge in [0.25, 0.3) is 5.91 Å². The van der Waals surface area contributed by atoms with Gasteiger partial charge in [-0.3, -0.25) is 4.79 Å². The fourth-order valence-corrected chi connectivity index (χ4v) is 3.22. The first kappa shape index (κ1) is 13.4. The van der Waals surface area contributed by atoms with E-state index in [2.05, 4.69) is 11.8 Å². The summed E-state index contributed by atoms with van der Waals surface area (Å²) < 4.78 is 14.2. The van der Waals surface area contributed by atoms with Crippen molar-refractivity contribution in [2.75, 3.05) is 31.1 Å². The molecule has 0 N–H and O–H groups in total. The van der Waals surface area contributed by atoms with Gasteiger partial charge in [-0.25, -0.2) is 4.39 Å². The Morgan fingerprint density at radius 3 is 2.65 bits per heavy atom. The van der Waals surface area contributed by atoms with Crippen molar-refractivity contribution < 1.29 is 9.18 Å². The number of halogens is 1. The summed E-state index contributed by atoms with van der Waals surface area (Å²) in [5.41, 5.74) is 1.04. The Balaban J connectivity index is 1.93. The van der Waals surface area contributed by atoms with Crippen LogP contribution in [-0.2, 0) is 0 Å². The molecule has 1 aromatic rings. The van der Waals surface area contributed by atoms with E-state index in [-0.39, 0.29) is 17.3 Å². The molecule has 0 aromatic heterocycles. The van der Waals surface area contributed by atoms with Crippen LogP contribution in [0.5, 0.6) is 0 Å². The van der Waals surface area contributed by atoms with Crippen molar-refractivity contribution in [2.45, 2.75) is 26.2 Å². The molecule has 2 fully saturated rings. The lowest BCUT2D eigenvalue weighted by Crippen LogP contribution is -2.31. The van der Waals surface area contributed by atoms with Gasteiger partial charge < -0.3 is 9.80 Å². The Morgan fingerprint density at radius 2 is 2.00 bits per heavy atom. The number of likely N-dealkylation sites (tertiary alicyclic amines) is 1. The summed E-state index contributed by atoms with van der Waals surface area (Å²) in [6, 6.07) is 4.97. The number of carbonyl (C=O) groups is 1. The van der Waals surface area contributed by atoms with E-state index >= 15 is 0 Å². The maximum Gasteiger partial charge on any atom is 0.258 e. The molecule has 2 aliphatic heterocycles. The molecule has 1 unspecified atom stereocenters. The smallest absolute Gasteiger partial charge is 0.258 e. The highest BCUT2D eigenvalue weighted by Crippen LogP contribution is 2.29. The Morgan fingerprint density at radius 1 is 1.25 bits per heavy atom. The van der Waals surface area contributed by atoms with Gasteiger partial charge in [0.15, 0.2) is 0 Å². The van der Waals surface area contributed by atoms with Crippen LogP contribution in [0.15, 0.2) is 18.2 Å². The molecule has 2 heterocycles. The third-order valence-electron chi connectivity index (χ3n) is 4.36. The van der Waals surface area contributed by atoms with Gasteiger partial charge in [0.1, 0.15) is 5.82 Å². The zero-order valence-electron chi connectivity index (χ0n) is 11.9. The Kier molecular flexibility index (Phi) is 3.64. The van der Waals surface area contributed by atoms with Crippen molar-refractivity contribution in [1.82, 2.24) is 4.90 Å². The van der Waals surface area contributed by atoms with Crippen LogP contribution in [0, 0.1) is 11.7 Å². The zero-order valence-corrected chi connectivity index (χ0v) is 11.9. The number of hydrogen-bond acceptors (Lipinski definition) is 2. The van der Waals surface area contributed by atoms with Gasteiger partial charge in [-0.05, 0) is 37.3 Å². The van der Waals surface area contributed by atoms with Crippen LogP contribution in [-0.4, -0.2) is 37.0 Å². The fourth-order valence-electron chi connectivity index (χ4n) is 3.22. The molecular weight excluding hydrogens is 255 g/mol. The summed E-state index contributed by atoms with van der Waals surface area (Å²) in [5, 5.41) is 0. The summed E-state index contributed by atoms with van der Waals surface area (Å²) >= 11 is 0. The molecule has 2 aliphatic rings. The molecule has 4 heteroatoms. The molecule has 108 valence electrons. The SMILES string of the molecule is CC1CCN(C(=O)c2c(F)cccc2N2CCCC2)C1. The molecule has 2 saturated heterocycles. The van der Waals surface area contributed by atoms with Crippen molar-refractivity contribution in [1.29, 1.82) is 0 Å². The van der Waals surface area contributed by atoms with Gasteiger partial charge >= 0.3 is 0 Å². The minimum absolute atomic E-state index is 0.144. The van der Waals surface area contributed by atoms with Gasteiger partial charge in [0.05, 0.1) is 11.3 Å². The molecule has 0 bridgehead atoms. The van der Waals surface area contributed by atoms with Crippen LogP contribution in [0.1, 0.15) is 36.5 Å². The Hall–Kier alpha value is -1.58. The maximum atomic E-state index is 14.2. The van der Waals surface area contributed by atoms with E-state index in [1.165, 1.54) is 6.07 Å². The third-order valence-corrected chi connectivity index (χ3v) is 4.36. The first-order chi connectivity index (χ1) is 9.66. The fraction of sp³-hybridized carbons (Fsp3) is 0.562. The van der Waals surface area contributed by atoms with Crippen LogP contribution >= 0.6 is 0 Å². The van der Waals surface area contributed by atoms with E-state index in [0.29, 0.717) is 5.92 Å². The normalized spacial score (nSPS) is 22.6. The predicted octanol–water partition coefficient (Wildman–Crippen LogP) is 2.91. The number of benzene rings is 1. The largest absolute Gasteiger partial charge is 0.371 e. The van der Waals surface area contributed by atoms with E-state index in [0.717, 1.165) is 51.1 Å². The predicted molar refractivity (Wildman–Crippen MR) is 77.5 cm³/mol. The second-order valence-corrected chi connectivity index (χ2v) is 5.97. The third kappa shape index (κ3) is 2.39. The lowest BCUT2D eigenvalue weighted by Gasteiger charge is -2.24. The van der Waals surface area contributed by atoms with Crippen molar-refractivity contribution in [3.05, 3.63) is 29.6 Å². The standard InChI is InChI=1S/C16H21FN2O/c1-12-7-10-19(11-12)16(20)15-13(17)5-4-6-14(15)18-8-2-3-9-18/h4-6,12H,2-3,7-11H2,1H3. The summed E-state index contributed by atoms with van der Waals surface area (Å²) in [6.45, 7) is 5.46. The molecule has 0 radical (unpaired) electrons. The van der Waals surface area contributed by atoms with Gasteiger partial charge in [0, 0.05) is 26.2 Å². The van der Waals surface area contributed by atoms with E-state index in [9.17, 15) is 9.18 Å². The van der Waals surface area contributed by atoms with Crippen LogP contribution in [0.2, 0.25) is 0 Å². The summed E-state index contributed by atoms with van der Waals surface area (Å²) in [4.78, 5) is 16.6. The van der Waals surface area contributed by atoms with E-state index < -0.39 is 0 Å². The number of anilines is 1. The quantitative estimate of drug-likeness (QED) is 0.829. The minimum atomic E-state index is -0.390. The molecule has 3 rings (SSSR count). The van der Waals surface area contributed by atoms with E-state index in [1.54, 1.807) is 11.0 Å². The molecule has 1 atom stereocenters. The van der Waals surface area contributed by atoms with E-state index in [1.807, 2.05) is 6.07 Å². The number of nitrogens with zero attached hydrogens (tertiary/aromatic N) is 2. The summed E-state index contributed by atoms with van der Waals surface area (Å²) in [7, 11) is 0. The molecule has 1 amide bonds. The molecule has 0 aliphatic carbocycles. The molecule has 3 nitrogen and oxygen atoms in total. The van der Waals surface area contributed by atoms with Crippen molar-refractivity contribution in [3.63, 3.8) is 0 Å². The first-order valence-corrected chi connectivity index (χ1v) is 7.49. The number of amides is 1. The summed E-state index contributed by atoms with van der Waals surface area (Å²) in [5.74, 6) is -0.0192. The lowest BCUT2D eigenvalue weighted by molar-refractivity contribution is 0.0784. The van der Waals surface area contributed by atoms with E-state index in [4.69, 9.17) is 0 Å². The minimum Gasteiger partial charge on any atom is -0.371 e. The average molecular weight is 276 g/mol. The highest BCUT2D eigenvalue weighted by Gasteiger charge is 2.29. The van der Waals surface area contributed by atoms with Crippen LogP contribution in [0.3, 0.4) is 0 Å². The Bertz CT molecular complexity index is 511. The molecule has 20 heavy (non-hydrogen) atoms. The van der Waals surface area contributed by atoms with Crippen molar-refractivity contribution >= 4 is 11.6 Å². The number of hydrogen-bond donors (Lipinski definition) is 0. The van der Waals surface area contributed by atoms with Gasteiger partial charge in [-0.15, -0.1) is 0 Å². The second-order valence-electron chi connectivity index (χ2n) is 5.97. The number of rotatable bonds is 2. The van der Waals surface area contributed by atoms with Crippen LogP contribution in [0.25, 0.3) is 0 Å².